The molecule has 15 heavy (non-hydrogen) atoms. The Balaban J connectivity index is -0.0000000101. The lowest BCUT2D eigenvalue weighted by Gasteiger charge is -1.62. The van der Waals surface area contributed by atoms with E-state index in [1.165, 1.54) is 0 Å². The van der Waals surface area contributed by atoms with Crippen molar-refractivity contribution < 1.29 is 63.1 Å². The van der Waals surface area contributed by atoms with Crippen molar-refractivity contribution in [3.8, 4) is 0 Å². The van der Waals surface area contributed by atoms with Gasteiger partial charge >= 0.3 is 0 Å². The van der Waals surface area contributed by atoms with E-state index in [9.17, 15) is 0 Å². The minimum absolute atomic E-state index is 0.931. The molecule has 7 nitrogen and oxygen atoms in total. The minimum Gasteiger partial charge on any atom is -0.471 e. The fourth-order valence-corrected chi connectivity index (χ4v) is 0. The standard InChI is InChI=1S/6FHO.H6OSi2/c6*1-2;2-1-3/h6*2H;2-3H3. The van der Waals surface area contributed by atoms with Gasteiger partial charge in [-0.1, -0.05) is 27.2 Å². The van der Waals surface area contributed by atoms with Crippen LogP contribution in [0.1, 0.15) is 0 Å². The van der Waals surface area contributed by atoms with Gasteiger partial charge in [0.1, 0.15) is 21.0 Å². The van der Waals surface area contributed by atoms with Crippen LogP contribution in [0.3, 0.4) is 0 Å². The van der Waals surface area contributed by atoms with E-state index in [0.717, 1.165) is 21.0 Å². The molecular formula is H12F6O7Si2. The Bertz CT molecular complexity index is 21.4. The summed E-state index contributed by atoms with van der Waals surface area (Å²) in [5.74, 6) is 0. The maximum atomic E-state index is 8.50. The Morgan fingerprint density at radius 3 is 0.467 bits per heavy atom. The van der Waals surface area contributed by atoms with Gasteiger partial charge in [-0.3, -0.25) is 0 Å². The highest BCUT2D eigenvalue weighted by Gasteiger charge is 1.28. The van der Waals surface area contributed by atoms with E-state index in [4.69, 9.17) is 59.0 Å². The van der Waals surface area contributed by atoms with Gasteiger partial charge in [-0.05, 0) is 0 Å². The van der Waals surface area contributed by atoms with Gasteiger partial charge in [-0.25, -0.2) is 31.9 Å². The largest absolute Gasteiger partial charge is 0.471 e. The lowest BCUT2D eigenvalue weighted by atomic mass is 15.7. The Labute approximate surface area is 85.3 Å². The second-order valence-corrected chi connectivity index (χ2v) is 3.67. The van der Waals surface area contributed by atoms with Crippen LogP contribution in [0.4, 0.5) is 27.2 Å². The quantitative estimate of drug-likeness (QED) is 0.204. The predicted octanol–water partition coefficient (Wildman–Crippen LogP) is -3.26. The molecule has 0 aliphatic rings. The van der Waals surface area contributed by atoms with Crippen LogP contribution in [0.2, 0.25) is 0 Å². The molecule has 0 aromatic heterocycles. The first-order valence-corrected chi connectivity index (χ1v) is 3.46. The van der Waals surface area contributed by atoms with Crippen LogP contribution in [-0.4, -0.2) is 52.8 Å². The summed E-state index contributed by atoms with van der Waals surface area (Å²) in [5, 5.41) is 33.0. The zero-order chi connectivity index (χ0) is 14.7. The summed E-state index contributed by atoms with van der Waals surface area (Å²) >= 11 is 0. The molecule has 104 valence electrons. The average Bonchev–Trinajstić information content (AvgIpc) is 2.44. The predicted molar refractivity (Wildman–Crippen MR) is 40.9 cm³/mol. The van der Waals surface area contributed by atoms with Crippen LogP contribution in [0.15, 0.2) is 0 Å². The highest BCUT2D eigenvalue weighted by Crippen LogP contribution is 1.20. The molecule has 0 aliphatic carbocycles. The van der Waals surface area contributed by atoms with E-state index < -0.39 is 0 Å². The van der Waals surface area contributed by atoms with E-state index in [1.54, 1.807) is 0 Å². The van der Waals surface area contributed by atoms with Crippen LogP contribution in [0.5, 0.6) is 0 Å². The molecule has 0 amide bonds. The molecule has 6 N–H and O–H groups in total. The summed E-state index contributed by atoms with van der Waals surface area (Å²) in [4.78, 5) is 0. The summed E-state index contributed by atoms with van der Waals surface area (Å²) in [6, 6.07) is 0. The second-order valence-electron chi connectivity index (χ2n) is 0.408. The van der Waals surface area contributed by atoms with Gasteiger partial charge in [0, 0.05) is 0 Å². The summed E-state index contributed by atoms with van der Waals surface area (Å²) in [7, 11) is 1.86. The molecule has 0 bridgehead atoms. The number of rotatable bonds is 0. The molecule has 0 saturated carbocycles. The molecule has 0 rings (SSSR count). The molecule has 0 atom stereocenters. The smallest absolute Gasteiger partial charge is 0.129 e. The van der Waals surface area contributed by atoms with Crippen molar-refractivity contribution in [2.75, 3.05) is 0 Å². The molecule has 15 heteroatoms. The van der Waals surface area contributed by atoms with Gasteiger partial charge in [-0.15, -0.1) is 0 Å². The molecule has 0 saturated heterocycles. The normalized spacial score (nSPS) is 4.00. The first-order chi connectivity index (χ1) is 7.41. The zero-order valence-electron chi connectivity index (χ0n) is 7.36. The van der Waals surface area contributed by atoms with E-state index in [1.807, 2.05) is 0 Å². The first kappa shape index (κ1) is 46.5. The van der Waals surface area contributed by atoms with E-state index in [-0.39, 0.29) is 0 Å². The Morgan fingerprint density at radius 1 is 0.467 bits per heavy atom. The van der Waals surface area contributed by atoms with Gasteiger partial charge < -0.3 is 4.12 Å². The van der Waals surface area contributed by atoms with Gasteiger partial charge in [0.25, 0.3) is 0 Å². The third-order valence-electron chi connectivity index (χ3n) is 0. The Morgan fingerprint density at radius 2 is 0.467 bits per heavy atom. The van der Waals surface area contributed by atoms with E-state index in [0.29, 0.717) is 0 Å². The molecule has 0 spiro atoms. The van der Waals surface area contributed by atoms with Crippen molar-refractivity contribution in [2.24, 2.45) is 0 Å². The van der Waals surface area contributed by atoms with Crippen LogP contribution in [-0.2, 0) is 4.12 Å². The molecule has 0 fully saturated rings. The number of halogens is 6. The van der Waals surface area contributed by atoms with Crippen molar-refractivity contribution in [1.82, 2.24) is 0 Å². The van der Waals surface area contributed by atoms with Crippen LogP contribution >= 0.6 is 0 Å². The minimum atomic E-state index is 0.931. The number of hydrogen-bond donors (Lipinski definition) is 6. The second kappa shape index (κ2) is 4140. The Hall–Kier alpha value is -0.266. The highest BCUT2D eigenvalue weighted by atomic mass is 28.3. The lowest BCUT2D eigenvalue weighted by molar-refractivity contribution is -0.0442. The fourth-order valence-electron chi connectivity index (χ4n) is 0. The van der Waals surface area contributed by atoms with E-state index in [2.05, 4.69) is 4.12 Å². The topological polar surface area (TPSA) is 131 Å². The van der Waals surface area contributed by atoms with Crippen LogP contribution in [0, 0.1) is 0 Å². The van der Waals surface area contributed by atoms with Crippen molar-refractivity contribution >= 4 is 21.0 Å². The van der Waals surface area contributed by atoms with Crippen LogP contribution < -0.4 is 0 Å². The summed E-state index contributed by atoms with van der Waals surface area (Å²) in [6.45, 7) is 0. The first-order valence-electron chi connectivity index (χ1n) is 1.83. The van der Waals surface area contributed by atoms with Crippen LogP contribution in [0.25, 0.3) is 0 Å². The third kappa shape index (κ3) is 26700. The highest BCUT2D eigenvalue weighted by molar-refractivity contribution is 6.15. The van der Waals surface area contributed by atoms with Gasteiger partial charge in [-0.2, -0.15) is 0 Å². The SMILES string of the molecule is OF.OF.OF.OF.OF.OF.[SiH3]O[SiH3]. The van der Waals surface area contributed by atoms with Crippen molar-refractivity contribution in [2.45, 2.75) is 0 Å². The average molecular weight is 294 g/mol. The molecule has 0 heterocycles. The molecular weight excluding hydrogens is 282 g/mol. The molecule has 0 unspecified atom stereocenters. The zero-order valence-corrected chi connectivity index (χ0v) is 11.4. The fraction of sp³-hybridized carbons (Fsp3) is 0. The maximum Gasteiger partial charge on any atom is 0.129 e. The third-order valence-corrected chi connectivity index (χ3v) is 0. The molecule has 0 aromatic rings. The molecule has 0 aromatic carbocycles. The van der Waals surface area contributed by atoms with E-state index >= 15 is 0 Å². The van der Waals surface area contributed by atoms with Gasteiger partial charge in [0.05, 0.1) is 0 Å². The summed E-state index contributed by atoms with van der Waals surface area (Å²) in [5.41, 5.74) is 0. The van der Waals surface area contributed by atoms with Crippen molar-refractivity contribution in [1.29, 1.82) is 0 Å². The van der Waals surface area contributed by atoms with Crippen molar-refractivity contribution in [3.05, 3.63) is 0 Å². The maximum absolute atomic E-state index is 8.50. The Kier molecular flexibility index (Phi) is 12800. The molecule has 0 radical (unpaired) electrons. The van der Waals surface area contributed by atoms with Gasteiger partial charge in [0.2, 0.25) is 0 Å². The summed E-state index contributed by atoms with van der Waals surface area (Å²) in [6.07, 6.45) is 0. The monoisotopic (exact) mass is 294 g/mol. The molecule has 0 aliphatic heterocycles. The van der Waals surface area contributed by atoms with Crippen molar-refractivity contribution in [3.63, 3.8) is 0 Å². The lowest BCUT2D eigenvalue weighted by Crippen LogP contribution is -1.65. The van der Waals surface area contributed by atoms with Gasteiger partial charge in [0.15, 0.2) is 0 Å². The summed E-state index contributed by atoms with van der Waals surface area (Å²) < 4.78 is 55.5. The number of hydrogen-bond acceptors (Lipinski definition) is 7.